The molecule has 0 fully saturated rings. The van der Waals surface area contributed by atoms with Gasteiger partial charge in [-0.3, -0.25) is 20.4 Å². The maximum Gasteiger partial charge on any atom is 3.00 e. The Morgan fingerprint density at radius 3 is 0.451 bits per heavy atom. The predicted molar refractivity (Wildman–Crippen MR) is 222 cm³/mol. The van der Waals surface area contributed by atoms with Crippen molar-refractivity contribution in [3.05, 3.63) is 179 Å². The first-order valence-electron chi connectivity index (χ1n) is 16.1. The van der Waals surface area contributed by atoms with E-state index in [-0.39, 0.29) is 17.1 Å². The minimum absolute atomic E-state index is 0. The molecule has 6 aromatic rings. The normalized spacial score (nSPS) is 9.65. The van der Waals surface area contributed by atoms with Gasteiger partial charge in [-0.05, 0) is 114 Å². The SMILES string of the molecule is Cc1ccc([PH+](c2ccc(C)cc2)c2ccc(C)cc2)cc1.Cc1ccc([PH+](c2ccc(C)cc2)c2ccc(C)cc2)cc1.[CH-]=O.[CH-]=O.[CH-]=O.[Fe+3]. The maximum atomic E-state index is 7.75. The molecule has 0 aliphatic heterocycles. The summed E-state index contributed by atoms with van der Waals surface area (Å²) in [7, 11) is -1.85. The fourth-order valence-electron chi connectivity index (χ4n) is 5.32. The van der Waals surface area contributed by atoms with E-state index in [1.54, 1.807) is 0 Å². The van der Waals surface area contributed by atoms with Crippen LogP contribution in [-0.2, 0) is 31.5 Å². The van der Waals surface area contributed by atoms with E-state index < -0.39 is 15.8 Å². The largest absolute Gasteiger partial charge is 3.00 e. The molecule has 0 saturated heterocycles. The molecule has 0 saturated carbocycles. The summed E-state index contributed by atoms with van der Waals surface area (Å²) in [6.45, 7) is 22.6. The molecule has 0 aliphatic carbocycles. The summed E-state index contributed by atoms with van der Waals surface area (Å²) in [4.78, 5) is 23.2. The zero-order chi connectivity index (χ0) is 37.1. The third kappa shape index (κ3) is 13.7. The van der Waals surface area contributed by atoms with Gasteiger partial charge in [0.05, 0.1) is 15.8 Å². The molecule has 0 heterocycles. The quantitative estimate of drug-likeness (QED) is 0.0773. The summed E-state index contributed by atoms with van der Waals surface area (Å²) in [5.74, 6) is 0. The summed E-state index contributed by atoms with van der Waals surface area (Å²) in [5, 5.41) is 8.69. The smallest absolute Gasteiger partial charge is 0.545 e. The Balaban J connectivity index is 0.000000438. The topological polar surface area (TPSA) is 51.2 Å². The Labute approximate surface area is 318 Å². The van der Waals surface area contributed by atoms with Crippen molar-refractivity contribution in [3.63, 3.8) is 0 Å². The Kier molecular flexibility index (Phi) is 21.0. The summed E-state index contributed by atoms with van der Waals surface area (Å²) in [6, 6.07) is 54.2. The van der Waals surface area contributed by atoms with Gasteiger partial charge >= 0.3 is 17.1 Å². The van der Waals surface area contributed by atoms with Gasteiger partial charge in [0.2, 0.25) is 0 Å². The third-order valence-corrected chi connectivity index (χ3v) is 13.5. The predicted octanol–water partition coefficient (Wildman–Crippen LogP) is 7.38. The van der Waals surface area contributed by atoms with Crippen molar-refractivity contribution in [1.82, 2.24) is 0 Å². The van der Waals surface area contributed by atoms with E-state index in [1.165, 1.54) is 65.2 Å². The molecule has 6 heteroatoms. The molecule has 3 nitrogen and oxygen atoms in total. The fraction of sp³-hybridized carbons (Fsp3) is 0.133. The first kappa shape index (κ1) is 44.7. The number of carbonyl (C=O) groups excluding carboxylic acids is 3. The van der Waals surface area contributed by atoms with Crippen LogP contribution in [0.1, 0.15) is 33.4 Å². The van der Waals surface area contributed by atoms with Crippen LogP contribution < -0.4 is 31.8 Å². The van der Waals surface area contributed by atoms with Gasteiger partial charge in [0.15, 0.2) is 0 Å². The molecule has 0 amide bonds. The maximum absolute atomic E-state index is 7.75. The Hall–Kier alpha value is -4.29. The summed E-state index contributed by atoms with van der Waals surface area (Å²) in [6.07, 6.45) is 0. The van der Waals surface area contributed by atoms with Gasteiger partial charge in [-0.2, -0.15) is 0 Å². The second-order valence-electron chi connectivity index (χ2n) is 11.9. The molecule has 0 atom stereocenters. The van der Waals surface area contributed by atoms with Crippen molar-refractivity contribution in [1.29, 1.82) is 0 Å². The van der Waals surface area contributed by atoms with Crippen LogP contribution in [0.4, 0.5) is 0 Å². The van der Waals surface area contributed by atoms with E-state index in [0.29, 0.717) is 0 Å². The summed E-state index contributed by atoms with van der Waals surface area (Å²) < 4.78 is 0. The van der Waals surface area contributed by atoms with Crippen LogP contribution in [0.25, 0.3) is 0 Å². The molecule has 0 bridgehead atoms. The molecule has 0 aliphatic rings. The fourth-order valence-corrected chi connectivity index (χ4v) is 10.3. The van der Waals surface area contributed by atoms with Gasteiger partial charge in [-0.15, -0.1) is 0 Å². The van der Waals surface area contributed by atoms with Gasteiger partial charge in [0, 0.05) is 0 Å². The zero-order valence-electron chi connectivity index (χ0n) is 30.2. The van der Waals surface area contributed by atoms with Crippen LogP contribution in [0.15, 0.2) is 146 Å². The second-order valence-corrected chi connectivity index (χ2v) is 16.9. The number of hydrogen-bond acceptors (Lipinski definition) is 3. The van der Waals surface area contributed by atoms with Crippen molar-refractivity contribution in [2.24, 2.45) is 0 Å². The Bertz CT molecular complexity index is 1470. The van der Waals surface area contributed by atoms with Crippen LogP contribution in [0.2, 0.25) is 0 Å². The van der Waals surface area contributed by atoms with Crippen molar-refractivity contribution < 1.29 is 31.5 Å². The number of hydrogen-bond donors (Lipinski definition) is 0. The van der Waals surface area contributed by atoms with Crippen LogP contribution in [0.3, 0.4) is 0 Å². The van der Waals surface area contributed by atoms with Gasteiger partial charge in [-0.1, -0.05) is 106 Å². The Morgan fingerprint density at radius 1 is 0.255 bits per heavy atom. The number of aryl methyl sites for hydroxylation is 6. The van der Waals surface area contributed by atoms with E-state index in [2.05, 4.69) is 208 Å². The van der Waals surface area contributed by atoms with Crippen LogP contribution in [0.5, 0.6) is 0 Å². The minimum atomic E-state index is -0.927. The average molecular weight is 754 g/mol. The van der Waals surface area contributed by atoms with Crippen LogP contribution in [0, 0.1) is 41.5 Å². The molecule has 261 valence electrons. The van der Waals surface area contributed by atoms with Gasteiger partial charge < -0.3 is 14.4 Å². The van der Waals surface area contributed by atoms with Gasteiger partial charge in [0.1, 0.15) is 31.8 Å². The molecule has 0 N–H and O–H groups in total. The Morgan fingerprint density at radius 2 is 0.353 bits per heavy atom. The molecule has 0 aromatic heterocycles. The summed E-state index contributed by atoms with van der Waals surface area (Å²) >= 11 is 0. The van der Waals surface area contributed by atoms with Crippen LogP contribution >= 0.6 is 15.8 Å². The van der Waals surface area contributed by atoms with Crippen molar-refractivity contribution in [3.8, 4) is 0 Å². The monoisotopic (exact) mass is 753 g/mol. The van der Waals surface area contributed by atoms with Crippen LogP contribution in [-0.4, -0.2) is 20.4 Å². The molecule has 0 spiro atoms. The standard InChI is InChI=1S/2C21H21P.3CHO.Fe/c2*1-16-4-10-19(11-5-16)22(20-12-6-17(2)7-13-20)21-14-8-18(3)9-15-21;3*1-2;/h2*4-15H,1-3H3;3*1H;/q;;3*-1;+3/p+2. The zero-order valence-corrected chi connectivity index (χ0v) is 33.3. The number of rotatable bonds is 6. The average Bonchev–Trinajstić information content (AvgIpc) is 3.16. The van der Waals surface area contributed by atoms with Crippen molar-refractivity contribution in [2.45, 2.75) is 41.5 Å². The summed E-state index contributed by atoms with van der Waals surface area (Å²) in [5.41, 5.74) is 7.91. The first-order valence-corrected chi connectivity index (χ1v) is 19.1. The van der Waals surface area contributed by atoms with E-state index in [1.807, 2.05) is 0 Å². The molecular formula is C45H47FeO3P2+2. The molecule has 0 unspecified atom stereocenters. The molecular weight excluding hydrogens is 706 g/mol. The minimum Gasteiger partial charge on any atom is -0.545 e. The van der Waals surface area contributed by atoms with Gasteiger partial charge in [-0.25, -0.2) is 0 Å². The molecule has 6 aromatic carbocycles. The second kappa shape index (κ2) is 24.0. The van der Waals surface area contributed by atoms with E-state index >= 15 is 0 Å². The molecule has 51 heavy (non-hydrogen) atoms. The third-order valence-electron chi connectivity index (χ3n) is 8.04. The first-order chi connectivity index (χ1) is 24.3. The van der Waals surface area contributed by atoms with Crippen molar-refractivity contribution in [2.75, 3.05) is 0 Å². The number of benzene rings is 6. The van der Waals surface area contributed by atoms with Gasteiger partial charge in [0.25, 0.3) is 0 Å². The van der Waals surface area contributed by atoms with E-state index in [4.69, 9.17) is 14.4 Å². The molecule has 6 rings (SSSR count). The molecule has 1 radical (unpaired) electrons. The van der Waals surface area contributed by atoms with E-state index in [9.17, 15) is 0 Å². The van der Waals surface area contributed by atoms with Crippen molar-refractivity contribution >= 4 is 68.0 Å². The van der Waals surface area contributed by atoms with E-state index in [0.717, 1.165) is 0 Å².